The molecule has 1 rings (SSSR count). The minimum Gasteiger partial charge on any atom is -0.385 e. The molecule has 0 spiro atoms. The molecule has 0 radical (unpaired) electrons. The van der Waals surface area contributed by atoms with Crippen LogP contribution in [0, 0.1) is 5.92 Å². The van der Waals surface area contributed by atoms with Gasteiger partial charge in [-0.25, -0.2) is 8.78 Å². The van der Waals surface area contributed by atoms with Crippen molar-refractivity contribution in [3.05, 3.63) is 0 Å². The lowest BCUT2D eigenvalue weighted by molar-refractivity contribution is -0.125. The molecule has 0 aromatic rings. The van der Waals surface area contributed by atoms with Crippen LogP contribution in [0.4, 0.5) is 8.78 Å². The standard InChI is InChI=1S/C9H15F2NO2/c10-8(11)7(13)5-12-9(14)6-3-1-2-4-6/h6-8,13H,1-5H2,(H,12,14). The predicted octanol–water partition coefficient (Wildman–Crippen LogP) is 0.919. The van der Waals surface area contributed by atoms with Crippen molar-refractivity contribution in [1.82, 2.24) is 5.32 Å². The number of aliphatic hydroxyl groups excluding tert-OH is 1. The summed E-state index contributed by atoms with van der Waals surface area (Å²) in [5.74, 6) is -0.248. The molecule has 1 aliphatic rings. The molecule has 82 valence electrons. The number of halogens is 2. The Morgan fingerprint density at radius 1 is 1.43 bits per heavy atom. The second-order valence-corrected chi connectivity index (χ2v) is 3.63. The van der Waals surface area contributed by atoms with E-state index >= 15 is 0 Å². The molecule has 1 unspecified atom stereocenters. The third-order valence-electron chi connectivity index (χ3n) is 2.50. The van der Waals surface area contributed by atoms with Crippen LogP contribution < -0.4 is 5.32 Å². The van der Waals surface area contributed by atoms with Crippen molar-refractivity contribution in [2.75, 3.05) is 6.54 Å². The first-order valence-corrected chi connectivity index (χ1v) is 4.85. The van der Waals surface area contributed by atoms with E-state index in [4.69, 9.17) is 5.11 Å². The second kappa shape index (κ2) is 5.24. The summed E-state index contributed by atoms with van der Waals surface area (Å²) < 4.78 is 23.7. The molecule has 1 saturated carbocycles. The summed E-state index contributed by atoms with van der Waals surface area (Å²) in [6.07, 6.45) is -0.836. The first-order valence-electron chi connectivity index (χ1n) is 4.85. The molecule has 5 heteroatoms. The highest BCUT2D eigenvalue weighted by Gasteiger charge is 2.24. The normalized spacial score (nSPS) is 20.0. The number of hydrogen-bond donors (Lipinski definition) is 2. The van der Waals surface area contributed by atoms with Gasteiger partial charge in [-0.15, -0.1) is 0 Å². The van der Waals surface area contributed by atoms with E-state index in [1.165, 1.54) is 0 Å². The molecular weight excluding hydrogens is 192 g/mol. The molecule has 0 aliphatic heterocycles. The highest BCUT2D eigenvalue weighted by molar-refractivity contribution is 5.78. The predicted molar refractivity (Wildman–Crippen MR) is 47.0 cm³/mol. The Morgan fingerprint density at radius 2 is 2.00 bits per heavy atom. The highest BCUT2D eigenvalue weighted by Crippen LogP contribution is 2.24. The molecule has 0 saturated heterocycles. The summed E-state index contributed by atoms with van der Waals surface area (Å²) in [6.45, 7) is -0.354. The van der Waals surface area contributed by atoms with Crippen molar-refractivity contribution >= 4 is 5.91 Å². The maximum Gasteiger partial charge on any atom is 0.265 e. The largest absolute Gasteiger partial charge is 0.385 e. The number of alkyl halides is 2. The molecule has 0 aromatic heterocycles. The van der Waals surface area contributed by atoms with E-state index in [1.807, 2.05) is 0 Å². The number of nitrogens with one attached hydrogen (secondary N) is 1. The van der Waals surface area contributed by atoms with Crippen LogP contribution in [-0.2, 0) is 4.79 Å². The van der Waals surface area contributed by atoms with E-state index in [9.17, 15) is 13.6 Å². The number of rotatable bonds is 4. The fourth-order valence-corrected chi connectivity index (χ4v) is 1.63. The number of carbonyl (C=O) groups excluding carboxylic acids is 1. The molecule has 1 fully saturated rings. The van der Waals surface area contributed by atoms with Gasteiger partial charge < -0.3 is 10.4 Å². The molecule has 0 aromatic carbocycles. The Hall–Kier alpha value is -0.710. The summed E-state index contributed by atoms with van der Waals surface area (Å²) in [4.78, 5) is 11.3. The number of amides is 1. The molecule has 0 heterocycles. The smallest absolute Gasteiger partial charge is 0.265 e. The summed E-state index contributed by atoms with van der Waals surface area (Å²) in [6, 6.07) is 0. The quantitative estimate of drug-likeness (QED) is 0.720. The van der Waals surface area contributed by atoms with Crippen LogP contribution in [0.25, 0.3) is 0 Å². The van der Waals surface area contributed by atoms with Crippen LogP contribution >= 0.6 is 0 Å². The minimum absolute atomic E-state index is 0.0418. The van der Waals surface area contributed by atoms with Crippen LogP contribution in [0.5, 0.6) is 0 Å². The molecule has 2 N–H and O–H groups in total. The third kappa shape index (κ3) is 3.21. The first kappa shape index (κ1) is 11.4. The average Bonchev–Trinajstić information content (AvgIpc) is 2.66. The Morgan fingerprint density at radius 3 is 2.50 bits per heavy atom. The lowest BCUT2D eigenvalue weighted by atomic mass is 10.1. The Bertz CT molecular complexity index is 193. The van der Waals surface area contributed by atoms with E-state index in [-0.39, 0.29) is 18.4 Å². The second-order valence-electron chi connectivity index (χ2n) is 3.63. The van der Waals surface area contributed by atoms with Crippen LogP contribution in [0.1, 0.15) is 25.7 Å². The highest BCUT2D eigenvalue weighted by atomic mass is 19.3. The lowest BCUT2D eigenvalue weighted by Gasteiger charge is -2.13. The molecular formula is C9H15F2NO2. The van der Waals surface area contributed by atoms with Crippen molar-refractivity contribution in [2.24, 2.45) is 5.92 Å². The van der Waals surface area contributed by atoms with Gasteiger partial charge >= 0.3 is 0 Å². The Kier molecular flexibility index (Phi) is 4.25. The van der Waals surface area contributed by atoms with Crippen molar-refractivity contribution in [1.29, 1.82) is 0 Å². The maximum absolute atomic E-state index is 11.9. The molecule has 1 atom stereocenters. The van der Waals surface area contributed by atoms with Gasteiger partial charge in [-0.3, -0.25) is 4.79 Å². The zero-order valence-corrected chi connectivity index (χ0v) is 7.88. The summed E-state index contributed by atoms with van der Waals surface area (Å²) >= 11 is 0. The van der Waals surface area contributed by atoms with E-state index in [2.05, 4.69) is 5.32 Å². The molecule has 14 heavy (non-hydrogen) atoms. The third-order valence-corrected chi connectivity index (χ3v) is 2.50. The monoisotopic (exact) mass is 207 g/mol. The summed E-state index contributed by atoms with van der Waals surface area (Å²) in [5, 5.41) is 11.1. The SMILES string of the molecule is O=C(NCC(O)C(F)F)C1CCCC1. The van der Waals surface area contributed by atoms with E-state index < -0.39 is 12.5 Å². The van der Waals surface area contributed by atoms with Crippen LogP contribution in [0.15, 0.2) is 0 Å². The van der Waals surface area contributed by atoms with Crippen molar-refractivity contribution in [2.45, 2.75) is 38.2 Å². The number of aliphatic hydroxyl groups is 1. The topological polar surface area (TPSA) is 49.3 Å². The zero-order valence-electron chi connectivity index (χ0n) is 7.88. The van der Waals surface area contributed by atoms with Gasteiger partial charge in [0.05, 0.1) is 0 Å². The van der Waals surface area contributed by atoms with Crippen molar-refractivity contribution < 1.29 is 18.7 Å². The van der Waals surface area contributed by atoms with E-state index in [0.717, 1.165) is 25.7 Å². The molecule has 3 nitrogen and oxygen atoms in total. The summed E-state index contributed by atoms with van der Waals surface area (Å²) in [5.41, 5.74) is 0. The van der Waals surface area contributed by atoms with E-state index in [1.54, 1.807) is 0 Å². The Balaban J connectivity index is 2.20. The minimum atomic E-state index is -2.79. The zero-order chi connectivity index (χ0) is 10.6. The van der Waals surface area contributed by atoms with Gasteiger partial charge in [-0.2, -0.15) is 0 Å². The molecule has 1 aliphatic carbocycles. The molecule has 1 amide bonds. The lowest BCUT2D eigenvalue weighted by Crippen LogP contribution is -2.38. The van der Waals surface area contributed by atoms with Crippen LogP contribution in [-0.4, -0.2) is 30.1 Å². The van der Waals surface area contributed by atoms with Gasteiger partial charge in [0, 0.05) is 12.5 Å². The fourth-order valence-electron chi connectivity index (χ4n) is 1.63. The first-order chi connectivity index (χ1) is 6.61. The molecule has 0 bridgehead atoms. The van der Waals surface area contributed by atoms with Crippen molar-refractivity contribution in [3.8, 4) is 0 Å². The average molecular weight is 207 g/mol. The van der Waals surface area contributed by atoms with E-state index in [0.29, 0.717) is 0 Å². The van der Waals surface area contributed by atoms with Crippen molar-refractivity contribution in [3.63, 3.8) is 0 Å². The number of carbonyl (C=O) groups is 1. The van der Waals surface area contributed by atoms with Gasteiger partial charge in [-0.1, -0.05) is 12.8 Å². The van der Waals surface area contributed by atoms with Gasteiger partial charge in [0.25, 0.3) is 6.43 Å². The van der Waals surface area contributed by atoms with Gasteiger partial charge in [0.2, 0.25) is 5.91 Å². The van der Waals surface area contributed by atoms with Gasteiger partial charge in [0.1, 0.15) is 6.10 Å². The van der Waals surface area contributed by atoms with Gasteiger partial charge in [-0.05, 0) is 12.8 Å². The number of hydrogen-bond acceptors (Lipinski definition) is 2. The Labute approximate surface area is 81.5 Å². The maximum atomic E-state index is 11.9. The summed E-state index contributed by atoms with van der Waals surface area (Å²) in [7, 11) is 0. The fraction of sp³-hybridized carbons (Fsp3) is 0.889. The van der Waals surface area contributed by atoms with Crippen LogP contribution in [0.2, 0.25) is 0 Å². The van der Waals surface area contributed by atoms with Crippen LogP contribution in [0.3, 0.4) is 0 Å². The van der Waals surface area contributed by atoms with Gasteiger partial charge in [0.15, 0.2) is 0 Å².